The van der Waals surface area contributed by atoms with Crippen LogP contribution in [0.4, 0.5) is 0 Å². The highest BCUT2D eigenvalue weighted by Crippen LogP contribution is 2.22. The minimum Gasteiger partial charge on any atom is -0.480 e. The van der Waals surface area contributed by atoms with Crippen LogP contribution in [0, 0.1) is 5.92 Å². The number of rotatable bonds is 6. The Hall–Kier alpha value is -0.580. The Balaban J connectivity index is 2.50. The van der Waals surface area contributed by atoms with Crippen LogP contribution in [0.1, 0.15) is 25.8 Å². The van der Waals surface area contributed by atoms with E-state index < -0.39 is 12.0 Å². The number of hydrogen-bond donors (Lipinski definition) is 2. The predicted octanol–water partition coefficient (Wildman–Crippen LogP) is 2.99. The second-order valence-corrected chi connectivity index (χ2v) is 5.64. The predicted molar refractivity (Wildman–Crippen MR) is 67.0 cm³/mol. The molecule has 0 saturated carbocycles. The first-order chi connectivity index (χ1) is 7.50. The van der Waals surface area contributed by atoms with Gasteiger partial charge in [0.05, 0.1) is 4.34 Å². The molecule has 0 bridgehead atoms. The van der Waals surface area contributed by atoms with Gasteiger partial charge in [0.1, 0.15) is 6.04 Å². The first-order valence-corrected chi connectivity index (χ1v) is 6.44. The molecule has 0 spiro atoms. The lowest BCUT2D eigenvalue weighted by Gasteiger charge is -2.16. The first kappa shape index (κ1) is 13.5. The molecule has 2 N–H and O–H groups in total. The van der Waals surface area contributed by atoms with Gasteiger partial charge in [0.15, 0.2) is 0 Å². The van der Waals surface area contributed by atoms with Gasteiger partial charge < -0.3 is 10.4 Å². The Morgan fingerprint density at radius 3 is 2.75 bits per heavy atom. The molecular formula is C11H16ClNO2S. The average Bonchev–Trinajstić information content (AvgIpc) is 2.57. The van der Waals surface area contributed by atoms with Gasteiger partial charge in [0, 0.05) is 6.54 Å². The van der Waals surface area contributed by atoms with Crippen LogP contribution in [0.5, 0.6) is 0 Å². The Morgan fingerprint density at radius 1 is 1.62 bits per heavy atom. The lowest BCUT2D eigenvalue weighted by atomic mass is 10.0. The monoisotopic (exact) mass is 261 g/mol. The third-order valence-corrected chi connectivity index (χ3v) is 3.49. The standard InChI is InChI=1S/C11H16ClNO2S/c1-7(2)5-9(11(14)15)13-6-8-3-4-16-10(8)12/h3-4,7,9,13H,5-6H2,1-2H3,(H,14,15)/t9-/m1/s1. The average molecular weight is 262 g/mol. The molecular weight excluding hydrogens is 246 g/mol. The number of carboxylic acid groups (broad SMARTS) is 1. The minimum atomic E-state index is -0.806. The van der Waals surface area contributed by atoms with Crippen LogP contribution < -0.4 is 5.32 Å². The van der Waals surface area contributed by atoms with Crippen LogP contribution in [0.3, 0.4) is 0 Å². The third-order valence-electron chi connectivity index (χ3n) is 2.24. The molecule has 0 aliphatic carbocycles. The van der Waals surface area contributed by atoms with Crippen LogP contribution in [0.25, 0.3) is 0 Å². The molecule has 1 heterocycles. The lowest BCUT2D eigenvalue weighted by molar-refractivity contribution is -0.140. The molecule has 0 aliphatic heterocycles. The molecule has 1 rings (SSSR count). The van der Waals surface area contributed by atoms with E-state index in [1.54, 1.807) is 0 Å². The summed E-state index contributed by atoms with van der Waals surface area (Å²) in [5.41, 5.74) is 0.960. The van der Waals surface area contributed by atoms with Crippen LogP contribution in [0.2, 0.25) is 4.34 Å². The minimum absolute atomic E-state index is 0.353. The molecule has 0 aromatic carbocycles. The third kappa shape index (κ3) is 4.12. The van der Waals surface area contributed by atoms with Crippen molar-refractivity contribution in [2.45, 2.75) is 32.9 Å². The summed E-state index contributed by atoms with van der Waals surface area (Å²) in [6, 6.07) is 1.41. The van der Waals surface area contributed by atoms with E-state index in [1.165, 1.54) is 11.3 Å². The van der Waals surface area contributed by atoms with E-state index in [9.17, 15) is 4.79 Å². The second kappa shape index (κ2) is 6.23. The van der Waals surface area contributed by atoms with Gasteiger partial charge in [-0.1, -0.05) is 25.4 Å². The van der Waals surface area contributed by atoms with Gasteiger partial charge >= 0.3 is 5.97 Å². The van der Waals surface area contributed by atoms with Crippen molar-refractivity contribution in [3.63, 3.8) is 0 Å². The molecule has 0 aliphatic rings. The van der Waals surface area contributed by atoms with E-state index in [1.807, 2.05) is 25.3 Å². The van der Waals surface area contributed by atoms with E-state index in [2.05, 4.69) is 5.32 Å². The van der Waals surface area contributed by atoms with Gasteiger partial charge in [0.2, 0.25) is 0 Å². The second-order valence-electron chi connectivity index (χ2n) is 4.12. The Morgan fingerprint density at radius 2 is 2.31 bits per heavy atom. The van der Waals surface area contributed by atoms with Crippen molar-refractivity contribution in [3.05, 3.63) is 21.3 Å². The van der Waals surface area contributed by atoms with Gasteiger partial charge in [-0.25, -0.2) is 0 Å². The molecule has 0 unspecified atom stereocenters. The molecule has 0 saturated heterocycles. The zero-order valence-electron chi connectivity index (χ0n) is 9.37. The zero-order valence-corrected chi connectivity index (χ0v) is 10.9. The fourth-order valence-electron chi connectivity index (χ4n) is 1.42. The van der Waals surface area contributed by atoms with Crippen molar-refractivity contribution in [1.82, 2.24) is 5.32 Å². The normalized spacial score (nSPS) is 13.0. The van der Waals surface area contributed by atoms with Crippen molar-refractivity contribution in [2.24, 2.45) is 5.92 Å². The number of thiophene rings is 1. The Kier molecular flexibility index (Phi) is 5.25. The zero-order chi connectivity index (χ0) is 12.1. The smallest absolute Gasteiger partial charge is 0.320 e. The maximum atomic E-state index is 11.0. The maximum Gasteiger partial charge on any atom is 0.320 e. The lowest BCUT2D eigenvalue weighted by Crippen LogP contribution is -2.37. The number of carboxylic acids is 1. The van der Waals surface area contributed by atoms with Crippen molar-refractivity contribution in [1.29, 1.82) is 0 Å². The van der Waals surface area contributed by atoms with Gasteiger partial charge in [-0.05, 0) is 29.3 Å². The molecule has 1 aromatic rings. The van der Waals surface area contributed by atoms with E-state index in [0.29, 0.717) is 18.9 Å². The number of halogens is 1. The molecule has 16 heavy (non-hydrogen) atoms. The molecule has 0 amide bonds. The Bertz CT molecular complexity index is 352. The fraction of sp³-hybridized carbons (Fsp3) is 0.545. The quantitative estimate of drug-likeness (QED) is 0.828. The summed E-state index contributed by atoms with van der Waals surface area (Å²) < 4.78 is 0.723. The fourth-order valence-corrected chi connectivity index (χ4v) is 2.35. The van der Waals surface area contributed by atoms with Gasteiger partial charge in [0.25, 0.3) is 0 Å². The van der Waals surface area contributed by atoms with E-state index in [0.717, 1.165) is 9.90 Å². The largest absolute Gasteiger partial charge is 0.480 e. The highest BCUT2D eigenvalue weighted by Gasteiger charge is 2.18. The number of carbonyl (C=O) groups is 1. The van der Waals surface area contributed by atoms with Crippen LogP contribution in [-0.4, -0.2) is 17.1 Å². The molecule has 5 heteroatoms. The summed E-state index contributed by atoms with van der Waals surface area (Å²) in [6.45, 7) is 4.52. The summed E-state index contributed by atoms with van der Waals surface area (Å²) in [4.78, 5) is 11.0. The molecule has 1 aromatic heterocycles. The number of aliphatic carboxylic acids is 1. The Labute approximate surface area is 104 Å². The van der Waals surface area contributed by atoms with Gasteiger partial charge in [-0.15, -0.1) is 11.3 Å². The highest BCUT2D eigenvalue weighted by molar-refractivity contribution is 7.14. The molecule has 0 fully saturated rings. The van der Waals surface area contributed by atoms with Crippen LogP contribution in [-0.2, 0) is 11.3 Å². The van der Waals surface area contributed by atoms with Gasteiger partial charge in [-0.2, -0.15) is 0 Å². The summed E-state index contributed by atoms with van der Waals surface area (Å²) in [5, 5.41) is 13.9. The van der Waals surface area contributed by atoms with Crippen molar-refractivity contribution < 1.29 is 9.90 Å². The van der Waals surface area contributed by atoms with E-state index in [-0.39, 0.29) is 0 Å². The molecule has 0 radical (unpaired) electrons. The first-order valence-electron chi connectivity index (χ1n) is 5.18. The molecule has 1 atom stereocenters. The summed E-state index contributed by atoms with van der Waals surface area (Å²) >= 11 is 7.40. The number of nitrogens with one attached hydrogen (secondary N) is 1. The summed E-state index contributed by atoms with van der Waals surface area (Å²) in [7, 11) is 0. The molecule has 90 valence electrons. The SMILES string of the molecule is CC(C)C[C@@H](NCc1ccsc1Cl)C(=O)O. The van der Waals surface area contributed by atoms with Crippen molar-refractivity contribution >= 4 is 28.9 Å². The van der Waals surface area contributed by atoms with Crippen LogP contribution in [0.15, 0.2) is 11.4 Å². The van der Waals surface area contributed by atoms with Crippen molar-refractivity contribution in [3.8, 4) is 0 Å². The summed E-state index contributed by atoms with van der Waals surface area (Å²) in [6.07, 6.45) is 0.622. The van der Waals surface area contributed by atoms with Gasteiger partial charge in [-0.3, -0.25) is 4.79 Å². The van der Waals surface area contributed by atoms with E-state index >= 15 is 0 Å². The molecule has 3 nitrogen and oxygen atoms in total. The topological polar surface area (TPSA) is 49.3 Å². The van der Waals surface area contributed by atoms with E-state index in [4.69, 9.17) is 16.7 Å². The number of hydrogen-bond acceptors (Lipinski definition) is 3. The highest BCUT2D eigenvalue weighted by atomic mass is 35.5. The van der Waals surface area contributed by atoms with Crippen LogP contribution >= 0.6 is 22.9 Å². The van der Waals surface area contributed by atoms with Crippen molar-refractivity contribution in [2.75, 3.05) is 0 Å². The summed E-state index contributed by atoms with van der Waals surface area (Å²) in [5.74, 6) is -0.452. The maximum absolute atomic E-state index is 11.0.